The van der Waals surface area contributed by atoms with Crippen molar-refractivity contribution in [2.75, 3.05) is 13.1 Å². The molecule has 2 aliphatic rings. The molecule has 1 aliphatic heterocycles. The van der Waals surface area contributed by atoms with Crippen molar-refractivity contribution >= 4 is 5.91 Å². The van der Waals surface area contributed by atoms with Crippen molar-refractivity contribution in [1.29, 1.82) is 0 Å². The molecule has 0 bridgehead atoms. The molecule has 0 radical (unpaired) electrons. The minimum Gasteiger partial charge on any atom is -0.342 e. The number of piperidine rings is 1. The predicted molar refractivity (Wildman–Crippen MR) is 71.1 cm³/mol. The maximum Gasteiger partial charge on any atom is 0.225 e. The monoisotopic (exact) mass is 255 g/mol. The molecule has 1 amide bonds. The highest BCUT2D eigenvalue weighted by Gasteiger charge is 2.40. The molecule has 1 saturated carbocycles. The van der Waals surface area contributed by atoms with Crippen molar-refractivity contribution in [3.8, 4) is 0 Å². The smallest absolute Gasteiger partial charge is 0.225 e. The summed E-state index contributed by atoms with van der Waals surface area (Å²) in [4.78, 5) is 14.3. The van der Waals surface area contributed by atoms with Gasteiger partial charge in [-0.3, -0.25) is 4.79 Å². The topological polar surface area (TPSA) is 20.3 Å². The van der Waals surface area contributed by atoms with Gasteiger partial charge < -0.3 is 4.90 Å². The summed E-state index contributed by atoms with van der Waals surface area (Å²) >= 11 is 0. The fourth-order valence-corrected chi connectivity index (χ4v) is 3.29. The first-order chi connectivity index (χ1) is 8.53. The number of likely N-dealkylation sites (tertiary alicyclic amines) is 1. The van der Waals surface area contributed by atoms with Crippen LogP contribution in [0.15, 0.2) is 0 Å². The van der Waals surface area contributed by atoms with Gasteiger partial charge in [0.1, 0.15) is 5.67 Å². The number of hydrogen-bond donors (Lipinski definition) is 0. The Balaban J connectivity index is 1.87. The first-order valence-corrected chi connectivity index (χ1v) is 7.50. The van der Waals surface area contributed by atoms with Gasteiger partial charge in [0.15, 0.2) is 0 Å². The van der Waals surface area contributed by atoms with Gasteiger partial charge in [-0.15, -0.1) is 0 Å². The summed E-state index contributed by atoms with van der Waals surface area (Å²) < 4.78 is 14.4. The maximum atomic E-state index is 14.4. The zero-order chi connectivity index (χ0) is 13.2. The highest BCUT2D eigenvalue weighted by molar-refractivity contribution is 5.79. The summed E-state index contributed by atoms with van der Waals surface area (Å²) in [6.07, 6.45) is 6.13. The average Bonchev–Trinajstić information content (AvgIpc) is 2.40. The Labute approximate surface area is 110 Å². The van der Waals surface area contributed by atoms with E-state index in [1.807, 2.05) is 18.7 Å². The first kappa shape index (κ1) is 13.8. The van der Waals surface area contributed by atoms with E-state index >= 15 is 0 Å². The van der Waals surface area contributed by atoms with Gasteiger partial charge in [-0.1, -0.05) is 13.8 Å². The lowest BCUT2D eigenvalue weighted by molar-refractivity contribution is -0.138. The van der Waals surface area contributed by atoms with Gasteiger partial charge in [0, 0.05) is 19.0 Å². The third-order valence-electron chi connectivity index (χ3n) is 4.87. The minimum absolute atomic E-state index is 0.0727. The van der Waals surface area contributed by atoms with Crippen molar-refractivity contribution in [3.63, 3.8) is 0 Å². The Bertz CT molecular complexity index is 289. The molecule has 104 valence electrons. The third-order valence-corrected chi connectivity index (χ3v) is 4.87. The second-order valence-corrected chi connectivity index (χ2v) is 6.35. The van der Waals surface area contributed by atoms with Gasteiger partial charge in [-0.25, -0.2) is 4.39 Å². The van der Waals surface area contributed by atoms with Crippen LogP contribution in [-0.4, -0.2) is 29.6 Å². The van der Waals surface area contributed by atoms with E-state index in [1.54, 1.807) is 0 Å². The quantitative estimate of drug-likeness (QED) is 0.739. The van der Waals surface area contributed by atoms with Crippen molar-refractivity contribution in [2.24, 2.45) is 11.8 Å². The third kappa shape index (κ3) is 2.86. The van der Waals surface area contributed by atoms with Crippen LogP contribution in [0.4, 0.5) is 4.39 Å². The summed E-state index contributed by atoms with van der Waals surface area (Å²) in [5.41, 5.74) is -1.03. The average molecular weight is 255 g/mol. The molecule has 18 heavy (non-hydrogen) atoms. The van der Waals surface area contributed by atoms with Crippen LogP contribution >= 0.6 is 0 Å². The molecule has 0 spiro atoms. The number of hydrogen-bond acceptors (Lipinski definition) is 1. The Morgan fingerprint density at radius 3 is 2.22 bits per heavy atom. The Kier molecular flexibility index (Phi) is 4.29. The van der Waals surface area contributed by atoms with Crippen LogP contribution < -0.4 is 0 Å². The maximum absolute atomic E-state index is 14.4. The SMILES string of the molecule is CC(C)C1(F)CCC(C(=O)N2CCCCC2)CC1. The van der Waals surface area contributed by atoms with Crippen molar-refractivity contribution in [2.45, 2.75) is 64.5 Å². The van der Waals surface area contributed by atoms with Crippen LogP contribution in [0.5, 0.6) is 0 Å². The fourth-order valence-electron chi connectivity index (χ4n) is 3.29. The second-order valence-electron chi connectivity index (χ2n) is 6.35. The largest absolute Gasteiger partial charge is 0.342 e. The van der Waals surface area contributed by atoms with Crippen LogP contribution in [0.3, 0.4) is 0 Å². The number of carbonyl (C=O) groups is 1. The molecule has 2 fully saturated rings. The van der Waals surface area contributed by atoms with Crippen molar-refractivity contribution in [3.05, 3.63) is 0 Å². The van der Waals surface area contributed by atoms with Gasteiger partial charge >= 0.3 is 0 Å². The number of alkyl halides is 1. The number of halogens is 1. The molecule has 1 heterocycles. The Morgan fingerprint density at radius 1 is 1.17 bits per heavy atom. The van der Waals surface area contributed by atoms with Gasteiger partial charge in [0.25, 0.3) is 0 Å². The fraction of sp³-hybridized carbons (Fsp3) is 0.933. The number of carbonyl (C=O) groups excluding carboxylic acids is 1. The van der Waals surface area contributed by atoms with Crippen molar-refractivity contribution in [1.82, 2.24) is 4.90 Å². The minimum atomic E-state index is -1.03. The summed E-state index contributed by atoms with van der Waals surface area (Å²) in [7, 11) is 0. The lowest BCUT2D eigenvalue weighted by atomic mass is 9.74. The molecule has 0 N–H and O–H groups in total. The van der Waals surface area contributed by atoms with Crippen molar-refractivity contribution < 1.29 is 9.18 Å². The van der Waals surface area contributed by atoms with E-state index in [4.69, 9.17) is 0 Å². The molecule has 1 saturated heterocycles. The Hall–Kier alpha value is -0.600. The van der Waals surface area contributed by atoms with E-state index in [0.717, 1.165) is 38.8 Å². The summed E-state index contributed by atoms with van der Waals surface area (Å²) in [6, 6.07) is 0. The number of nitrogens with zero attached hydrogens (tertiary/aromatic N) is 1. The first-order valence-electron chi connectivity index (χ1n) is 7.50. The van der Waals surface area contributed by atoms with Crippen LogP contribution in [0.2, 0.25) is 0 Å². The summed E-state index contributed by atoms with van der Waals surface area (Å²) in [5, 5.41) is 0. The van der Waals surface area contributed by atoms with E-state index in [1.165, 1.54) is 6.42 Å². The summed E-state index contributed by atoms with van der Waals surface area (Å²) in [5.74, 6) is 0.453. The Morgan fingerprint density at radius 2 is 1.72 bits per heavy atom. The molecule has 2 rings (SSSR count). The van der Waals surface area contributed by atoms with E-state index in [2.05, 4.69) is 0 Å². The normalized spacial score (nSPS) is 33.8. The molecule has 0 aromatic heterocycles. The van der Waals surface area contributed by atoms with Crippen LogP contribution in [0.1, 0.15) is 58.8 Å². The van der Waals surface area contributed by atoms with E-state index in [0.29, 0.717) is 18.7 Å². The summed E-state index contributed by atoms with van der Waals surface area (Å²) in [6.45, 7) is 5.74. The molecular formula is C15H26FNO. The molecule has 1 aliphatic carbocycles. The zero-order valence-corrected chi connectivity index (χ0v) is 11.8. The second kappa shape index (κ2) is 5.58. The molecule has 0 unspecified atom stereocenters. The standard InChI is InChI=1S/C15H26FNO/c1-12(2)15(16)8-6-13(7-9-15)14(18)17-10-4-3-5-11-17/h12-13H,3-11H2,1-2H3. The lowest BCUT2D eigenvalue weighted by Gasteiger charge is -2.38. The van der Waals surface area contributed by atoms with E-state index in [-0.39, 0.29) is 11.8 Å². The highest BCUT2D eigenvalue weighted by Crippen LogP contribution is 2.40. The lowest BCUT2D eigenvalue weighted by Crippen LogP contribution is -2.43. The molecular weight excluding hydrogens is 229 g/mol. The number of amides is 1. The predicted octanol–water partition coefficient (Wildman–Crippen LogP) is 3.55. The van der Waals surface area contributed by atoms with Gasteiger partial charge in [-0.05, 0) is 50.9 Å². The van der Waals surface area contributed by atoms with Crippen LogP contribution in [0, 0.1) is 11.8 Å². The molecule has 0 aromatic carbocycles. The molecule has 3 heteroatoms. The highest BCUT2D eigenvalue weighted by atomic mass is 19.1. The van der Waals surface area contributed by atoms with Gasteiger partial charge in [0.2, 0.25) is 5.91 Å². The molecule has 2 nitrogen and oxygen atoms in total. The zero-order valence-electron chi connectivity index (χ0n) is 11.8. The van der Waals surface area contributed by atoms with Crippen LogP contribution in [0.25, 0.3) is 0 Å². The van der Waals surface area contributed by atoms with Gasteiger partial charge in [0.05, 0.1) is 0 Å². The van der Waals surface area contributed by atoms with Gasteiger partial charge in [-0.2, -0.15) is 0 Å². The molecule has 0 aromatic rings. The molecule has 0 atom stereocenters. The van der Waals surface area contributed by atoms with E-state index in [9.17, 15) is 9.18 Å². The van der Waals surface area contributed by atoms with Crippen LogP contribution in [-0.2, 0) is 4.79 Å². The number of rotatable bonds is 2. The van der Waals surface area contributed by atoms with E-state index < -0.39 is 5.67 Å².